The molecule has 4 rings (SSSR count). The molecule has 0 radical (unpaired) electrons. The molecule has 0 fully saturated rings. The highest BCUT2D eigenvalue weighted by Crippen LogP contribution is 2.35. The van der Waals surface area contributed by atoms with Crippen molar-refractivity contribution in [2.45, 2.75) is 6.23 Å². The Morgan fingerprint density at radius 1 is 0.929 bits per heavy atom. The van der Waals surface area contributed by atoms with Crippen molar-refractivity contribution in [3.8, 4) is 11.3 Å². The van der Waals surface area contributed by atoms with Crippen LogP contribution in [0.5, 0.6) is 0 Å². The molecule has 1 unspecified atom stereocenters. The Morgan fingerprint density at radius 3 is 2.43 bits per heavy atom. The number of hydrogen-bond acceptors (Lipinski definition) is 4. The summed E-state index contributed by atoms with van der Waals surface area (Å²) in [6, 6.07) is 11.7. The van der Waals surface area contributed by atoms with Crippen molar-refractivity contribution in [1.82, 2.24) is 14.4 Å². The molecule has 0 aliphatic rings. The first kappa shape index (κ1) is 19.3. The van der Waals surface area contributed by atoms with Crippen LogP contribution in [0.4, 0.5) is 5.82 Å². The van der Waals surface area contributed by atoms with Gasteiger partial charge in [-0.3, -0.25) is 4.40 Å². The van der Waals surface area contributed by atoms with Crippen LogP contribution in [0, 0.1) is 0 Å². The highest BCUT2D eigenvalue weighted by molar-refractivity contribution is 6.36. The Balaban J connectivity index is 1.87. The summed E-state index contributed by atoms with van der Waals surface area (Å²) >= 11 is 24.5. The Labute approximate surface area is 180 Å². The third kappa shape index (κ3) is 3.77. The number of pyridine rings is 2. The van der Waals surface area contributed by atoms with Crippen LogP contribution in [0.2, 0.25) is 20.1 Å². The van der Waals surface area contributed by atoms with Crippen LogP contribution in [0.1, 0.15) is 11.9 Å². The molecule has 0 aliphatic heterocycles. The summed E-state index contributed by atoms with van der Waals surface area (Å²) in [5.41, 5.74) is 2.15. The second-order valence-electron chi connectivity index (χ2n) is 5.95. The number of fused-ring (bicyclic) bond motifs is 1. The van der Waals surface area contributed by atoms with Gasteiger partial charge in [0.15, 0.2) is 6.23 Å². The molecule has 0 bridgehead atoms. The number of hydrogen-bond donors (Lipinski definition) is 2. The number of aliphatic hydroxyl groups is 1. The van der Waals surface area contributed by atoms with E-state index in [0.717, 1.165) is 0 Å². The van der Waals surface area contributed by atoms with E-state index in [1.165, 1.54) is 0 Å². The molecule has 5 nitrogen and oxygen atoms in total. The second kappa shape index (κ2) is 7.78. The summed E-state index contributed by atoms with van der Waals surface area (Å²) in [6.45, 7) is 0. The first-order valence-corrected chi connectivity index (χ1v) is 9.62. The van der Waals surface area contributed by atoms with Gasteiger partial charge in [0.2, 0.25) is 0 Å². The predicted molar refractivity (Wildman–Crippen MR) is 113 cm³/mol. The molecule has 142 valence electrons. The summed E-state index contributed by atoms with van der Waals surface area (Å²) in [5, 5.41) is 15.8. The van der Waals surface area contributed by atoms with Crippen LogP contribution in [-0.2, 0) is 0 Å². The van der Waals surface area contributed by atoms with Crippen molar-refractivity contribution in [1.29, 1.82) is 0 Å². The molecule has 0 saturated carbocycles. The van der Waals surface area contributed by atoms with E-state index in [9.17, 15) is 5.11 Å². The number of anilines is 1. The topological polar surface area (TPSA) is 62.5 Å². The van der Waals surface area contributed by atoms with E-state index in [4.69, 9.17) is 46.4 Å². The number of rotatable bonds is 4. The minimum absolute atomic E-state index is 0.413. The molecule has 0 saturated heterocycles. The third-order valence-electron chi connectivity index (χ3n) is 4.08. The van der Waals surface area contributed by atoms with Gasteiger partial charge >= 0.3 is 0 Å². The number of imidazole rings is 1. The van der Waals surface area contributed by atoms with Crippen molar-refractivity contribution in [3.63, 3.8) is 0 Å². The molecule has 3 heterocycles. The van der Waals surface area contributed by atoms with Crippen molar-refractivity contribution < 1.29 is 5.11 Å². The van der Waals surface area contributed by atoms with Gasteiger partial charge < -0.3 is 10.4 Å². The quantitative estimate of drug-likeness (QED) is 0.365. The van der Waals surface area contributed by atoms with Crippen LogP contribution in [0.3, 0.4) is 0 Å². The maximum Gasteiger partial charge on any atom is 0.169 e. The van der Waals surface area contributed by atoms with Gasteiger partial charge in [-0.15, -0.1) is 0 Å². The lowest BCUT2D eigenvalue weighted by Crippen LogP contribution is -2.14. The number of aromatic nitrogens is 3. The Morgan fingerprint density at radius 2 is 1.68 bits per heavy atom. The monoisotopic (exact) mass is 452 g/mol. The molecule has 28 heavy (non-hydrogen) atoms. The van der Waals surface area contributed by atoms with E-state index in [0.29, 0.717) is 48.5 Å². The van der Waals surface area contributed by atoms with Crippen LogP contribution in [-0.4, -0.2) is 19.5 Å². The Bertz CT molecular complexity index is 1180. The smallest absolute Gasteiger partial charge is 0.169 e. The lowest BCUT2D eigenvalue weighted by molar-refractivity contribution is 0.202. The minimum atomic E-state index is -1.15. The van der Waals surface area contributed by atoms with Gasteiger partial charge in [0.1, 0.15) is 11.5 Å². The van der Waals surface area contributed by atoms with Gasteiger partial charge in [-0.2, -0.15) is 0 Å². The zero-order valence-corrected chi connectivity index (χ0v) is 17.1. The largest absolute Gasteiger partial charge is 0.368 e. The van der Waals surface area contributed by atoms with Gasteiger partial charge in [-0.25, -0.2) is 9.97 Å². The van der Waals surface area contributed by atoms with Crippen molar-refractivity contribution in [2.24, 2.45) is 0 Å². The third-order valence-corrected chi connectivity index (χ3v) is 5.09. The van der Waals surface area contributed by atoms with Crippen LogP contribution < -0.4 is 5.32 Å². The van der Waals surface area contributed by atoms with E-state index in [1.54, 1.807) is 59.3 Å². The minimum Gasteiger partial charge on any atom is -0.368 e. The average molecular weight is 454 g/mol. The van der Waals surface area contributed by atoms with E-state index in [1.807, 2.05) is 0 Å². The lowest BCUT2D eigenvalue weighted by atomic mass is 10.1. The zero-order valence-electron chi connectivity index (χ0n) is 14.1. The maximum atomic E-state index is 11.0. The highest BCUT2D eigenvalue weighted by atomic mass is 35.5. The van der Waals surface area contributed by atoms with Crippen LogP contribution in [0.25, 0.3) is 16.9 Å². The number of aliphatic hydroxyl groups excluding tert-OH is 1. The van der Waals surface area contributed by atoms with Crippen molar-refractivity contribution >= 4 is 57.9 Å². The van der Waals surface area contributed by atoms with Gasteiger partial charge in [-0.05, 0) is 36.4 Å². The maximum absolute atomic E-state index is 11.0. The first-order valence-electron chi connectivity index (χ1n) is 8.11. The molecule has 0 spiro atoms. The molecule has 2 N–H and O–H groups in total. The fraction of sp³-hybridized carbons (Fsp3) is 0.0526. The normalized spacial score (nSPS) is 12.3. The fourth-order valence-electron chi connectivity index (χ4n) is 2.87. The molecule has 1 aromatic carbocycles. The standard InChI is InChI=1S/C19H12Cl4N4O/c20-10-1-2-13(14(23)7-10)17-18(27-6-4-12(22)9-16(27)26-17)19(28)25-15-8-11(21)3-5-24-15/h1-9,19,28H,(H,24,25). The second-order valence-corrected chi connectivity index (χ2v) is 7.67. The molecular weight excluding hydrogens is 442 g/mol. The Hall–Kier alpha value is -2.02. The number of halogens is 4. The molecular formula is C19H12Cl4N4O. The SMILES string of the molecule is OC(Nc1cc(Cl)ccn1)c1c(-c2ccc(Cl)cc2Cl)nc2cc(Cl)ccn12. The predicted octanol–water partition coefficient (Wildman–Crippen LogP) is 6.11. The van der Waals surface area contributed by atoms with Gasteiger partial charge in [0.05, 0.1) is 16.4 Å². The average Bonchev–Trinajstić information content (AvgIpc) is 2.99. The molecule has 9 heteroatoms. The van der Waals surface area contributed by atoms with Gasteiger partial charge in [0.25, 0.3) is 0 Å². The fourth-order valence-corrected chi connectivity index (χ4v) is 3.68. The number of nitrogens with one attached hydrogen (secondary N) is 1. The van der Waals surface area contributed by atoms with Crippen molar-refractivity contribution in [2.75, 3.05) is 5.32 Å². The van der Waals surface area contributed by atoms with E-state index in [-0.39, 0.29) is 0 Å². The summed E-state index contributed by atoms with van der Waals surface area (Å²) in [7, 11) is 0. The van der Waals surface area contributed by atoms with Gasteiger partial charge in [0, 0.05) is 39.1 Å². The molecule has 4 aromatic rings. The summed E-state index contributed by atoms with van der Waals surface area (Å²) < 4.78 is 1.73. The molecule has 3 aromatic heterocycles. The number of nitrogens with zero attached hydrogens (tertiary/aromatic N) is 3. The van der Waals surface area contributed by atoms with E-state index < -0.39 is 6.23 Å². The van der Waals surface area contributed by atoms with Crippen LogP contribution in [0.15, 0.2) is 54.9 Å². The molecule has 0 aliphatic carbocycles. The van der Waals surface area contributed by atoms with Gasteiger partial charge in [-0.1, -0.05) is 46.4 Å². The Kier molecular flexibility index (Phi) is 5.36. The lowest BCUT2D eigenvalue weighted by Gasteiger charge is -2.16. The van der Waals surface area contributed by atoms with E-state index >= 15 is 0 Å². The summed E-state index contributed by atoms with van der Waals surface area (Å²) in [4.78, 5) is 8.78. The first-order chi connectivity index (χ1) is 13.4. The van der Waals surface area contributed by atoms with Crippen molar-refractivity contribution in [3.05, 3.63) is 80.6 Å². The van der Waals surface area contributed by atoms with E-state index in [2.05, 4.69) is 15.3 Å². The summed E-state index contributed by atoms with van der Waals surface area (Å²) in [6.07, 6.45) is 2.12. The number of benzene rings is 1. The van der Waals surface area contributed by atoms with Crippen LogP contribution >= 0.6 is 46.4 Å². The molecule has 0 amide bonds. The zero-order chi connectivity index (χ0) is 19.8. The molecule has 1 atom stereocenters. The highest BCUT2D eigenvalue weighted by Gasteiger charge is 2.23. The summed E-state index contributed by atoms with van der Waals surface area (Å²) in [5.74, 6) is 0.414.